The van der Waals surface area contributed by atoms with E-state index in [1.54, 1.807) is 30.5 Å². The fourth-order valence-corrected chi connectivity index (χ4v) is 1.82. The van der Waals surface area contributed by atoms with E-state index in [0.29, 0.717) is 28.5 Å². The molecule has 0 unspecified atom stereocenters. The molecule has 2 aromatic rings. The van der Waals surface area contributed by atoms with Crippen LogP contribution in [-0.4, -0.2) is 32.1 Å². The molecular formula is C14H15NO4. The molecule has 0 saturated heterocycles. The molecule has 0 aliphatic heterocycles. The lowest BCUT2D eigenvalue weighted by atomic mass is 10.1. The lowest BCUT2D eigenvalue weighted by Gasteiger charge is -2.13. The molecule has 0 aliphatic rings. The molecule has 5 heteroatoms. The number of carbonyl (C=O) groups excluding carboxylic acids is 1. The van der Waals surface area contributed by atoms with Gasteiger partial charge in [-0.15, -0.1) is 0 Å². The van der Waals surface area contributed by atoms with Crippen molar-refractivity contribution < 1.29 is 19.0 Å². The van der Waals surface area contributed by atoms with Crippen LogP contribution in [0.25, 0.3) is 0 Å². The van der Waals surface area contributed by atoms with Gasteiger partial charge in [-0.3, -0.25) is 4.79 Å². The number of aromatic nitrogens is 1. The summed E-state index contributed by atoms with van der Waals surface area (Å²) in [6.07, 6.45) is 1.69. The van der Waals surface area contributed by atoms with Gasteiger partial charge in [-0.2, -0.15) is 0 Å². The smallest absolute Gasteiger partial charge is 0.213 e. The summed E-state index contributed by atoms with van der Waals surface area (Å²) in [5.74, 6) is 1.28. The Morgan fingerprint density at radius 1 is 1.00 bits per heavy atom. The van der Waals surface area contributed by atoms with Crippen molar-refractivity contribution in [3.63, 3.8) is 0 Å². The van der Waals surface area contributed by atoms with Crippen LogP contribution in [0.3, 0.4) is 0 Å². The Bertz CT molecular complexity index is 575. The average Bonchev–Trinajstić information content (AvgIpc) is 2.99. The number of nitrogens with one attached hydrogen (secondary N) is 1. The molecule has 2 rings (SSSR count). The summed E-state index contributed by atoms with van der Waals surface area (Å²) in [6, 6.07) is 6.72. The Balaban J connectivity index is 2.52. The molecule has 0 spiro atoms. The maximum atomic E-state index is 12.3. The van der Waals surface area contributed by atoms with Gasteiger partial charge in [-0.1, -0.05) is 0 Å². The van der Waals surface area contributed by atoms with Crippen LogP contribution in [0.2, 0.25) is 0 Å². The monoisotopic (exact) mass is 261 g/mol. The van der Waals surface area contributed by atoms with Gasteiger partial charge in [0.2, 0.25) is 5.78 Å². The Morgan fingerprint density at radius 3 is 2.16 bits per heavy atom. The van der Waals surface area contributed by atoms with Crippen molar-refractivity contribution in [2.24, 2.45) is 0 Å². The standard InChI is InChI=1S/C14H15NO4/c1-17-11-8-13(19-3)12(18-2)7-9(11)14(16)10-5-4-6-15-10/h4-8,15H,1-3H3. The first-order chi connectivity index (χ1) is 9.21. The summed E-state index contributed by atoms with van der Waals surface area (Å²) in [7, 11) is 4.56. The van der Waals surface area contributed by atoms with Crippen molar-refractivity contribution >= 4 is 5.78 Å². The van der Waals surface area contributed by atoms with Crippen molar-refractivity contribution in [1.29, 1.82) is 0 Å². The Hall–Kier alpha value is -2.43. The van der Waals surface area contributed by atoms with Crippen LogP contribution in [0, 0.1) is 0 Å². The zero-order valence-electron chi connectivity index (χ0n) is 11.0. The summed E-state index contributed by atoms with van der Waals surface area (Å²) in [5, 5.41) is 0. The maximum Gasteiger partial charge on any atom is 0.213 e. The molecule has 0 atom stereocenters. The van der Waals surface area contributed by atoms with Gasteiger partial charge in [0.25, 0.3) is 0 Å². The third-order valence-electron chi connectivity index (χ3n) is 2.79. The van der Waals surface area contributed by atoms with E-state index in [4.69, 9.17) is 14.2 Å². The van der Waals surface area contributed by atoms with Crippen molar-refractivity contribution in [1.82, 2.24) is 4.98 Å². The van der Waals surface area contributed by atoms with E-state index in [1.165, 1.54) is 21.3 Å². The zero-order chi connectivity index (χ0) is 13.8. The van der Waals surface area contributed by atoms with Gasteiger partial charge in [0.15, 0.2) is 11.5 Å². The quantitative estimate of drug-likeness (QED) is 0.839. The van der Waals surface area contributed by atoms with Gasteiger partial charge in [-0.25, -0.2) is 0 Å². The molecule has 1 N–H and O–H groups in total. The Morgan fingerprint density at radius 2 is 1.63 bits per heavy atom. The van der Waals surface area contributed by atoms with Gasteiger partial charge in [0, 0.05) is 12.3 Å². The first kappa shape index (κ1) is 13.0. The molecule has 1 aromatic heterocycles. The number of ether oxygens (including phenoxy) is 3. The fourth-order valence-electron chi connectivity index (χ4n) is 1.82. The predicted molar refractivity (Wildman–Crippen MR) is 70.3 cm³/mol. The fraction of sp³-hybridized carbons (Fsp3) is 0.214. The highest BCUT2D eigenvalue weighted by Crippen LogP contribution is 2.35. The lowest BCUT2D eigenvalue weighted by molar-refractivity contribution is 0.103. The maximum absolute atomic E-state index is 12.3. The van der Waals surface area contributed by atoms with E-state index in [2.05, 4.69) is 4.98 Å². The van der Waals surface area contributed by atoms with Gasteiger partial charge in [0.05, 0.1) is 32.6 Å². The largest absolute Gasteiger partial charge is 0.496 e. The van der Waals surface area contributed by atoms with E-state index >= 15 is 0 Å². The number of rotatable bonds is 5. The highest BCUT2D eigenvalue weighted by Gasteiger charge is 2.19. The molecule has 0 bridgehead atoms. The molecular weight excluding hydrogens is 246 g/mol. The van der Waals surface area contributed by atoms with Gasteiger partial charge in [0.1, 0.15) is 5.75 Å². The van der Waals surface area contributed by atoms with Gasteiger partial charge >= 0.3 is 0 Å². The molecule has 19 heavy (non-hydrogen) atoms. The van der Waals surface area contributed by atoms with E-state index < -0.39 is 0 Å². The van der Waals surface area contributed by atoms with E-state index in [1.807, 2.05) is 0 Å². The second-order valence-electron chi connectivity index (χ2n) is 3.82. The molecule has 0 fully saturated rings. The summed E-state index contributed by atoms with van der Waals surface area (Å²) in [6.45, 7) is 0. The van der Waals surface area contributed by atoms with Crippen LogP contribution in [0.1, 0.15) is 16.1 Å². The summed E-state index contributed by atoms with van der Waals surface area (Å²) >= 11 is 0. The normalized spacial score (nSPS) is 10.1. The third-order valence-corrected chi connectivity index (χ3v) is 2.79. The second kappa shape index (κ2) is 5.48. The van der Waals surface area contributed by atoms with Crippen LogP contribution < -0.4 is 14.2 Å². The first-order valence-corrected chi connectivity index (χ1v) is 5.69. The minimum absolute atomic E-state index is 0.164. The highest BCUT2D eigenvalue weighted by atomic mass is 16.5. The van der Waals surface area contributed by atoms with Crippen molar-refractivity contribution in [2.75, 3.05) is 21.3 Å². The van der Waals surface area contributed by atoms with Crippen LogP contribution >= 0.6 is 0 Å². The molecule has 0 aliphatic carbocycles. The number of hydrogen-bond donors (Lipinski definition) is 1. The molecule has 0 saturated carbocycles. The molecule has 1 heterocycles. The zero-order valence-corrected chi connectivity index (χ0v) is 11.0. The predicted octanol–water partition coefficient (Wildman–Crippen LogP) is 2.27. The molecule has 100 valence electrons. The molecule has 1 aromatic carbocycles. The minimum Gasteiger partial charge on any atom is -0.496 e. The number of aromatic amines is 1. The minimum atomic E-state index is -0.164. The first-order valence-electron chi connectivity index (χ1n) is 5.69. The van der Waals surface area contributed by atoms with Crippen LogP contribution in [0.5, 0.6) is 17.2 Å². The number of methoxy groups -OCH3 is 3. The van der Waals surface area contributed by atoms with Gasteiger partial charge < -0.3 is 19.2 Å². The molecule has 5 nitrogen and oxygen atoms in total. The lowest BCUT2D eigenvalue weighted by Crippen LogP contribution is -2.05. The molecule has 0 radical (unpaired) electrons. The van der Waals surface area contributed by atoms with Crippen LogP contribution in [0.4, 0.5) is 0 Å². The second-order valence-corrected chi connectivity index (χ2v) is 3.82. The number of benzene rings is 1. The Kier molecular flexibility index (Phi) is 3.75. The summed E-state index contributed by atoms with van der Waals surface area (Å²) in [4.78, 5) is 15.2. The number of carbonyl (C=O) groups is 1. The summed E-state index contributed by atoms with van der Waals surface area (Å²) in [5.41, 5.74) is 0.910. The van der Waals surface area contributed by atoms with Crippen LogP contribution in [0.15, 0.2) is 30.5 Å². The highest BCUT2D eigenvalue weighted by molar-refractivity contribution is 6.10. The third kappa shape index (κ3) is 2.40. The van der Waals surface area contributed by atoms with E-state index in [9.17, 15) is 4.79 Å². The SMILES string of the molecule is COc1cc(OC)c(C(=O)c2ccc[nH]2)cc1OC. The van der Waals surface area contributed by atoms with E-state index in [0.717, 1.165) is 0 Å². The van der Waals surface area contributed by atoms with Crippen LogP contribution in [-0.2, 0) is 0 Å². The van der Waals surface area contributed by atoms with E-state index in [-0.39, 0.29) is 5.78 Å². The topological polar surface area (TPSA) is 60.5 Å². The number of hydrogen-bond acceptors (Lipinski definition) is 4. The Labute approximate surface area is 111 Å². The van der Waals surface area contributed by atoms with Crippen molar-refractivity contribution in [3.8, 4) is 17.2 Å². The van der Waals surface area contributed by atoms with Crippen molar-refractivity contribution in [2.45, 2.75) is 0 Å². The molecule has 0 amide bonds. The van der Waals surface area contributed by atoms with Crippen molar-refractivity contribution in [3.05, 3.63) is 41.7 Å². The van der Waals surface area contributed by atoms with Gasteiger partial charge in [-0.05, 0) is 18.2 Å². The average molecular weight is 261 g/mol. The number of H-pyrrole nitrogens is 1. The number of ketones is 1. The summed E-state index contributed by atoms with van der Waals surface area (Å²) < 4.78 is 15.6.